The van der Waals surface area contributed by atoms with Gasteiger partial charge in [0.25, 0.3) is 0 Å². The van der Waals surface area contributed by atoms with E-state index in [9.17, 15) is 9.90 Å². The molecule has 1 unspecified atom stereocenters. The van der Waals surface area contributed by atoms with Crippen LogP contribution >= 0.6 is 11.6 Å². The number of likely N-dealkylation sites (tertiary alicyclic amines) is 1. The van der Waals surface area contributed by atoms with Crippen molar-refractivity contribution in [2.45, 2.75) is 25.4 Å². The summed E-state index contributed by atoms with van der Waals surface area (Å²) in [6.07, 6.45) is 3.73. The zero-order chi connectivity index (χ0) is 16.2. The van der Waals surface area contributed by atoms with Gasteiger partial charge < -0.3 is 14.7 Å². The molecule has 1 atom stereocenters. The van der Waals surface area contributed by atoms with E-state index >= 15 is 0 Å². The maximum atomic E-state index is 12.5. The minimum atomic E-state index is -0.494. The van der Waals surface area contributed by atoms with Crippen LogP contribution in [0, 0.1) is 5.92 Å². The molecule has 124 valence electrons. The van der Waals surface area contributed by atoms with Crippen LogP contribution in [0.5, 0.6) is 0 Å². The van der Waals surface area contributed by atoms with Gasteiger partial charge in [-0.2, -0.15) is 0 Å². The molecule has 0 bridgehead atoms. The van der Waals surface area contributed by atoms with Crippen LogP contribution < -0.4 is 0 Å². The fraction of sp³-hybridized carbons (Fsp3) is 0.500. The summed E-state index contributed by atoms with van der Waals surface area (Å²) in [5.74, 6) is 0.316. The molecule has 3 rings (SSSR count). The zero-order valence-electron chi connectivity index (χ0n) is 13.1. The highest BCUT2D eigenvalue weighted by Crippen LogP contribution is 2.31. The van der Waals surface area contributed by atoms with Crippen LogP contribution in [0.2, 0.25) is 5.02 Å². The third kappa shape index (κ3) is 3.94. The lowest BCUT2D eigenvalue weighted by Gasteiger charge is -2.35. The molecule has 0 spiro atoms. The van der Waals surface area contributed by atoms with Gasteiger partial charge in [0.1, 0.15) is 0 Å². The molecule has 1 saturated heterocycles. The van der Waals surface area contributed by atoms with E-state index in [-0.39, 0.29) is 11.8 Å². The largest absolute Gasteiger partial charge is 0.388 e. The lowest BCUT2D eigenvalue weighted by atomic mass is 9.87. The number of hydrogen-bond donors (Lipinski definition) is 1. The molecule has 2 aliphatic heterocycles. The van der Waals surface area contributed by atoms with Crippen molar-refractivity contribution < 1.29 is 14.6 Å². The number of ether oxygens (including phenoxy) is 1. The van der Waals surface area contributed by atoms with E-state index in [2.05, 4.69) is 0 Å². The maximum Gasteiger partial charge on any atom is 0.249 e. The lowest BCUT2D eigenvalue weighted by molar-refractivity contribution is -0.129. The number of piperidine rings is 1. The Hall–Kier alpha value is -1.36. The van der Waals surface area contributed by atoms with E-state index in [4.69, 9.17) is 16.3 Å². The van der Waals surface area contributed by atoms with Crippen molar-refractivity contribution in [2.24, 2.45) is 5.92 Å². The minimum Gasteiger partial charge on any atom is -0.388 e. The van der Waals surface area contributed by atoms with Gasteiger partial charge >= 0.3 is 0 Å². The quantitative estimate of drug-likeness (QED) is 0.924. The first-order chi connectivity index (χ1) is 11.1. The molecule has 23 heavy (non-hydrogen) atoms. The van der Waals surface area contributed by atoms with E-state index < -0.39 is 6.10 Å². The first kappa shape index (κ1) is 16.5. The molecule has 1 fully saturated rings. The second-order valence-electron chi connectivity index (χ2n) is 6.18. The molecule has 1 aromatic rings. The maximum absolute atomic E-state index is 12.5. The number of carbonyl (C=O) groups excluding carboxylic acids is 1. The Morgan fingerprint density at radius 2 is 1.96 bits per heavy atom. The molecule has 1 aromatic carbocycles. The molecule has 1 N–H and O–H groups in total. The molecular weight excluding hydrogens is 314 g/mol. The van der Waals surface area contributed by atoms with Crippen molar-refractivity contribution in [3.8, 4) is 0 Å². The van der Waals surface area contributed by atoms with Crippen LogP contribution in [0.3, 0.4) is 0 Å². The van der Waals surface area contributed by atoms with Crippen LogP contribution in [0.4, 0.5) is 0 Å². The molecular formula is C18H22ClNO3. The molecule has 0 aliphatic carbocycles. The summed E-state index contributed by atoms with van der Waals surface area (Å²) < 4.78 is 5.25. The zero-order valence-corrected chi connectivity index (χ0v) is 13.8. The molecule has 0 saturated carbocycles. The highest BCUT2D eigenvalue weighted by atomic mass is 35.5. The first-order valence-corrected chi connectivity index (χ1v) is 8.52. The van der Waals surface area contributed by atoms with Gasteiger partial charge in [0.05, 0.1) is 19.3 Å². The Labute approximate surface area is 141 Å². The average Bonchev–Trinajstić information content (AvgIpc) is 2.62. The Morgan fingerprint density at radius 3 is 2.57 bits per heavy atom. The molecule has 1 amide bonds. The fourth-order valence-electron chi connectivity index (χ4n) is 3.27. The third-order valence-electron chi connectivity index (χ3n) is 4.72. The number of rotatable bonds is 3. The Morgan fingerprint density at radius 1 is 1.26 bits per heavy atom. The van der Waals surface area contributed by atoms with Crippen molar-refractivity contribution in [2.75, 3.05) is 26.3 Å². The Kier molecular flexibility index (Phi) is 5.36. The number of carbonyl (C=O) groups is 1. The number of halogens is 1. The van der Waals surface area contributed by atoms with Gasteiger partial charge in [-0.1, -0.05) is 29.8 Å². The van der Waals surface area contributed by atoms with Crippen LogP contribution in [-0.4, -0.2) is 42.2 Å². The summed E-state index contributed by atoms with van der Waals surface area (Å²) in [7, 11) is 0. The minimum absolute atomic E-state index is 0.132. The normalized spacial score (nSPS) is 21.0. The monoisotopic (exact) mass is 335 g/mol. The summed E-state index contributed by atoms with van der Waals surface area (Å²) in [6.45, 7) is 2.56. The van der Waals surface area contributed by atoms with E-state index in [0.717, 1.165) is 24.0 Å². The number of amides is 1. The first-order valence-electron chi connectivity index (χ1n) is 8.15. The number of aliphatic hydroxyl groups is 1. The van der Waals surface area contributed by atoms with Gasteiger partial charge in [0.2, 0.25) is 5.91 Å². The van der Waals surface area contributed by atoms with E-state index in [0.29, 0.717) is 37.7 Å². The van der Waals surface area contributed by atoms with Crippen LogP contribution in [-0.2, 0) is 9.53 Å². The average molecular weight is 336 g/mol. The molecule has 2 heterocycles. The highest BCUT2D eigenvalue weighted by Gasteiger charge is 2.29. The molecule has 4 nitrogen and oxygen atoms in total. The highest BCUT2D eigenvalue weighted by molar-refractivity contribution is 6.30. The van der Waals surface area contributed by atoms with Crippen LogP contribution in [0.15, 0.2) is 35.9 Å². The Balaban J connectivity index is 1.56. The number of aliphatic hydroxyl groups excluding tert-OH is 1. The van der Waals surface area contributed by atoms with Gasteiger partial charge in [-0.25, -0.2) is 0 Å². The van der Waals surface area contributed by atoms with Crippen LogP contribution in [0.25, 0.3) is 0 Å². The van der Waals surface area contributed by atoms with Crippen molar-refractivity contribution in [1.82, 2.24) is 4.90 Å². The Bertz CT molecular complexity index is 576. The smallest absolute Gasteiger partial charge is 0.249 e. The van der Waals surface area contributed by atoms with Crippen molar-refractivity contribution in [3.63, 3.8) is 0 Å². The number of benzene rings is 1. The topological polar surface area (TPSA) is 49.8 Å². The fourth-order valence-corrected chi connectivity index (χ4v) is 3.40. The van der Waals surface area contributed by atoms with Gasteiger partial charge in [0.15, 0.2) is 0 Å². The standard InChI is InChI=1S/C18H22ClNO3/c19-16-3-1-13(2-4-16)17(21)14-5-9-20(10-6-14)18(22)15-7-11-23-12-8-15/h1-4,7,14,17,21H,5-6,8-12H2. The van der Waals surface area contributed by atoms with Gasteiger partial charge in [-0.15, -0.1) is 0 Å². The van der Waals surface area contributed by atoms with Crippen molar-refractivity contribution in [1.29, 1.82) is 0 Å². The third-order valence-corrected chi connectivity index (χ3v) is 4.97. The molecule has 5 heteroatoms. The number of hydrogen-bond acceptors (Lipinski definition) is 3. The summed E-state index contributed by atoms with van der Waals surface area (Å²) in [4.78, 5) is 14.4. The lowest BCUT2D eigenvalue weighted by Crippen LogP contribution is -2.41. The van der Waals surface area contributed by atoms with Crippen LogP contribution in [0.1, 0.15) is 30.9 Å². The van der Waals surface area contributed by atoms with Gasteiger partial charge in [-0.05, 0) is 36.5 Å². The SMILES string of the molecule is O=C(C1=CCOCC1)N1CCC(C(O)c2ccc(Cl)cc2)CC1. The van der Waals surface area contributed by atoms with Crippen molar-refractivity contribution in [3.05, 3.63) is 46.5 Å². The van der Waals surface area contributed by atoms with E-state index in [1.807, 2.05) is 23.1 Å². The second kappa shape index (κ2) is 7.47. The molecule has 0 radical (unpaired) electrons. The van der Waals surface area contributed by atoms with E-state index in [1.165, 1.54) is 0 Å². The summed E-state index contributed by atoms with van der Waals surface area (Å²) in [6, 6.07) is 7.35. The van der Waals surface area contributed by atoms with Crippen molar-refractivity contribution >= 4 is 17.5 Å². The second-order valence-corrected chi connectivity index (χ2v) is 6.62. The molecule has 2 aliphatic rings. The predicted molar refractivity (Wildman–Crippen MR) is 89.2 cm³/mol. The number of nitrogens with zero attached hydrogens (tertiary/aromatic N) is 1. The summed E-state index contributed by atoms with van der Waals surface area (Å²) in [5.41, 5.74) is 1.76. The molecule has 0 aromatic heterocycles. The van der Waals surface area contributed by atoms with Gasteiger partial charge in [0, 0.05) is 30.1 Å². The summed E-state index contributed by atoms with van der Waals surface area (Å²) in [5, 5.41) is 11.2. The predicted octanol–water partition coefficient (Wildman–Crippen LogP) is 2.96. The van der Waals surface area contributed by atoms with Gasteiger partial charge in [-0.3, -0.25) is 4.79 Å². The summed E-state index contributed by atoms with van der Waals surface area (Å²) >= 11 is 5.89. The van der Waals surface area contributed by atoms with E-state index in [1.54, 1.807) is 12.1 Å².